The van der Waals surface area contributed by atoms with Crippen molar-refractivity contribution in [2.75, 3.05) is 19.0 Å². The van der Waals surface area contributed by atoms with Crippen molar-refractivity contribution in [1.82, 2.24) is 4.90 Å². The fraction of sp³-hybridized carbons (Fsp3) is 0.368. The maximum atomic E-state index is 12.6. The van der Waals surface area contributed by atoms with Gasteiger partial charge < -0.3 is 10.1 Å². The van der Waals surface area contributed by atoms with Gasteiger partial charge in [0.2, 0.25) is 5.91 Å². The molecule has 0 spiro atoms. The number of nitrogens with zero attached hydrogens (tertiary/aromatic N) is 1. The van der Waals surface area contributed by atoms with Crippen LogP contribution in [0.3, 0.4) is 0 Å². The minimum atomic E-state index is -0.446. The van der Waals surface area contributed by atoms with Gasteiger partial charge in [-0.25, -0.2) is 4.79 Å². The van der Waals surface area contributed by atoms with Gasteiger partial charge in [0, 0.05) is 17.1 Å². The van der Waals surface area contributed by atoms with E-state index in [2.05, 4.69) is 17.1 Å². The molecule has 5 nitrogen and oxygen atoms in total. The number of carbonyl (C=O) groups is 2. The lowest BCUT2D eigenvalue weighted by Crippen LogP contribution is -2.37. The number of hydrogen-bond donors (Lipinski definition) is 1. The summed E-state index contributed by atoms with van der Waals surface area (Å²) < 4.78 is 4.75. The molecule has 1 fully saturated rings. The first-order chi connectivity index (χ1) is 12.5. The Morgan fingerprint density at radius 3 is 2.73 bits per heavy atom. The number of thiophene rings is 1. The van der Waals surface area contributed by atoms with Gasteiger partial charge in [0.1, 0.15) is 4.88 Å². The lowest BCUT2D eigenvalue weighted by atomic mass is 10.1. The van der Waals surface area contributed by atoms with Crippen LogP contribution in [0.25, 0.3) is 0 Å². The van der Waals surface area contributed by atoms with Crippen LogP contribution < -0.4 is 5.32 Å². The Morgan fingerprint density at radius 2 is 2.08 bits per heavy atom. The maximum absolute atomic E-state index is 12.6. The van der Waals surface area contributed by atoms with E-state index in [4.69, 9.17) is 16.3 Å². The third kappa shape index (κ3) is 4.26. The third-order valence-electron chi connectivity index (χ3n) is 4.50. The van der Waals surface area contributed by atoms with E-state index in [1.54, 1.807) is 11.4 Å². The maximum Gasteiger partial charge on any atom is 0.350 e. The third-order valence-corrected chi connectivity index (χ3v) is 5.74. The summed E-state index contributed by atoms with van der Waals surface area (Å²) in [6, 6.07) is 9.85. The number of methoxy groups -OCH3 is 1. The summed E-state index contributed by atoms with van der Waals surface area (Å²) in [6.45, 7) is 2.31. The summed E-state index contributed by atoms with van der Waals surface area (Å²) in [5, 5.41) is 5.30. The second-order valence-corrected chi connectivity index (χ2v) is 7.63. The minimum absolute atomic E-state index is 0.0319. The lowest BCUT2D eigenvalue weighted by molar-refractivity contribution is -0.118. The van der Waals surface area contributed by atoms with E-state index in [1.165, 1.54) is 18.4 Å². The average Bonchev–Trinajstić information content (AvgIpc) is 3.38. The van der Waals surface area contributed by atoms with Crippen molar-refractivity contribution < 1.29 is 14.3 Å². The van der Waals surface area contributed by atoms with Crippen molar-refractivity contribution in [2.45, 2.75) is 31.8 Å². The van der Waals surface area contributed by atoms with Crippen LogP contribution in [0, 0.1) is 0 Å². The number of ether oxygens (including phenoxy) is 1. The number of nitrogens with one attached hydrogen (secondary N) is 1. The van der Waals surface area contributed by atoms with E-state index in [-0.39, 0.29) is 18.5 Å². The molecule has 2 aromatic rings. The van der Waals surface area contributed by atoms with Gasteiger partial charge in [-0.1, -0.05) is 29.8 Å². The van der Waals surface area contributed by atoms with E-state index in [1.807, 2.05) is 24.3 Å². The Kier molecular flexibility index (Phi) is 5.96. The van der Waals surface area contributed by atoms with Gasteiger partial charge in [-0.3, -0.25) is 9.69 Å². The Hall–Kier alpha value is -1.89. The summed E-state index contributed by atoms with van der Waals surface area (Å²) >= 11 is 7.58. The first-order valence-electron chi connectivity index (χ1n) is 8.47. The summed E-state index contributed by atoms with van der Waals surface area (Å²) in [5.41, 5.74) is 1.51. The van der Waals surface area contributed by atoms with Crippen LogP contribution >= 0.6 is 22.9 Å². The monoisotopic (exact) mass is 392 g/mol. The molecular weight excluding hydrogens is 372 g/mol. The van der Waals surface area contributed by atoms with E-state index >= 15 is 0 Å². The predicted molar refractivity (Wildman–Crippen MR) is 104 cm³/mol. The number of halogens is 1. The number of amides is 1. The fourth-order valence-corrected chi connectivity index (χ4v) is 4.05. The molecule has 1 saturated carbocycles. The summed E-state index contributed by atoms with van der Waals surface area (Å²) in [7, 11) is 1.33. The molecule has 0 radical (unpaired) electrons. The quantitative estimate of drug-likeness (QED) is 0.711. The smallest absolute Gasteiger partial charge is 0.350 e. The molecule has 1 aliphatic rings. The van der Waals surface area contributed by atoms with Crippen LogP contribution in [0.4, 0.5) is 5.69 Å². The standard InChI is InChI=1S/C19H21ClN2O3S/c1-12(14-5-3-4-6-15(14)20)22(13-7-8-13)11-17(23)21-16-9-10-26-18(16)19(24)25-2/h3-6,9-10,12-13H,7-8,11H2,1-2H3,(H,21,23). The van der Waals surface area contributed by atoms with Crippen molar-refractivity contribution >= 4 is 40.5 Å². The number of rotatable bonds is 7. The van der Waals surface area contributed by atoms with Gasteiger partial charge in [0.15, 0.2) is 0 Å². The zero-order chi connectivity index (χ0) is 18.7. The molecule has 0 saturated heterocycles. The van der Waals surface area contributed by atoms with Crippen molar-refractivity contribution in [3.8, 4) is 0 Å². The van der Waals surface area contributed by atoms with Crippen molar-refractivity contribution in [2.24, 2.45) is 0 Å². The van der Waals surface area contributed by atoms with E-state index in [0.29, 0.717) is 21.6 Å². The molecule has 1 aromatic heterocycles. The molecule has 1 atom stereocenters. The molecule has 1 aromatic carbocycles. The first kappa shape index (κ1) is 18.9. The van der Waals surface area contributed by atoms with E-state index < -0.39 is 5.97 Å². The van der Waals surface area contributed by atoms with Gasteiger partial charge in [-0.15, -0.1) is 11.3 Å². The fourth-order valence-electron chi connectivity index (χ4n) is 3.00. The van der Waals surface area contributed by atoms with Crippen molar-refractivity contribution in [3.63, 3.8) is 0 Å². The number of benzene rings is 1. The molecule has 7 heteroatoms. The summed E-state index contributed by atoms with van der Waals surface area (Å²) in [5.74, 6) is -0.599. The van der Waals surface area contributed by atoms with Gasteiger partial charge in [0.25, 0.3) is 0 Å². The van der Waals surface area contributed by atoms with Crippen LogP contribution in [0.1, 0.15) is 41.0 Å². The zero-order valence-corrected chi connectivity index (χ0v) is 16.3. The highest BCUT2D eigenvalue weighted by Gasteiger charge is 2.34. The van der Waals surface area contributed by atoms with E-state index in [0.717, 1.165) is 18.4 Å². The molecule has 138 valence electrons. The van der Waals surface area contributed by atoms with Crippen LogP contribution in [0.15, 0.2) is 35.7 Å². The largest absolute Gasteiger partial charge is 0.465 e. The minimum Gasteiger partial charge on any atom is -0.465 e. The topological polar surface area (TPSA) is 58.6 Å². The van der Waals surface area contributed by atoms with Gasteiger partial charge in [0.05, 0.1) is 19.3 Å². The van der Waals surface area contributed by atoms with Crippen LogP contribution in [-0.4, -0.2) is 36.5 Å². The number of carbonyl (C=O) groups excluding carboxylic acids is 2. The zero-order valence-electron chi connectivity index (χ0n) is 14.7. The molecule has 1 N–H and O–H groups in total. The van der Waals surface area contributed by atoms with Crippen LogP contribution in [0.2, 0.25) is 5.02 Å². The van der Waals surface area contributed by atoms with Crippen molar-refractivity contribution in [1.29, 1.82) is 0 Å². The predicted octanol–water partition coefficient (Wildman–Crippen LogP) is 4.35. The first-order valence-corrected chi connectivity index (χ1v) is 9.73. The highest BCUT2D eigenvalue weighted by Crippen LogP contribution is 2.36. The van der Waals surface area contributed by atoms with Gasteiger partial charge in [-0.05, 0) is 42.8 Å². The molecular formula is C19H21ClN2O3S. The second kappa shape index (κ2) is 8.20. The van der Waals surface area contributed by atoms with Gasteiger partial charge >= 0.3 is 5.97 Å². The Morgan fingerprint density at radius 1 is 1.35 bits per heavy atom. The highest BCUT2D eigenvalue weighted by molar-refractivity contribution is 7.12. The molecule has 1 amide bonds. The molecule has 1 unspecified atom stereocenters. The number of anilines is 1. The second-order valence-electron chi connectivity index (χ2n) is 6.30. The summed E-state index contributed by atoms with van der Waals surface area (Å²) in [4.78, 5) is 26.9. The number of esters is 1. The van der Waals surface area contributed by atoms with Crippen LogP contribution in [-0.2, 0) is 9.53 Å². The van der Waals surface area contributed by atoms with Crippen LogP contribution in [0.5, 0.6) is 0 Å². The Balaban J connectivity index is 1.71. The molecule has 3 rings (SSSR count). The summed E-state index contributed by atoms with van der Waals surface area (Å²) in [6.07, 6.45) is 2.15. The lowest BCUT2D eigenvalue weighted by Gasteiger charge is -2.29. The SMILES string of the molecule is COC(=O)c1sccc1NC(=O)CN(C1CC1)C(C)c1ccccc1Cl. The van der Waals surface area contributed by atoms with Gasteiger partial charge in [-0.2, -0.15) is 0 Å². The Labute approximate surface area is 161 Å². The number of hydrogen-bond acceptors (Lipinski definition) is 5. The highest BCUT2D eigenvalue weighted by atomic mass is 35.5. The molecule has 0 bridgehead atoms. The van der Waals surface area contributed by atoms with Crippen molar-refractivity contribution in [3.05, 3.63) is 51.2 Å². The normalized spacial score (nSPS) is 14.9. The average molecular weight is 393 g/mol. The molecule has 1 aliphatic carbocycles. The molecule has 26 heavy (non-hydrogen) atoms. The Bertz CT molecular complexity index is 804. The molecule has 1 heterocycles. The van der Waals surface area contributed by atoms with E-state index in [9.17, 15) is 9.59 Å². The molecule has 0 aliphatic heterocycles.